The van der Waals surface area contributed by atoms with Crippen LogP contribution in [0.25, 0.3) is 10.8 Å². The van der Waals surface area contributed by atoms with Crippen molar-refractivity contribution in [2.24, 2.45) is 0 Å². The van der Waals surface area contributed by atoms with Crippen molar-refractivity contribution in [3.63, 3.8) is 0 Å². The minimum atomic E-state index is -1.38. The molecule has 0 spiro atoms. The topological polar surface area (TPSA) is 57.6 Å². The van der Waals surface area contributed by atoms with Crippen molar-refractivity contribution in [3.05, 3.63) is 48.0 Å². The summed E-state index contributed by atoms with van der Waals surface area (Å²) < 4.78 is 0. The first-order valence-corrected chi connectivity index (χ1v) is 6.34. The lowest BCUT2D eigenvalue weighted by molar-refractivity contribution is -0.156. The van der Waals surface area contributed by atoms with Crippen LogP contribution in [0.4, 0.5) is 0 Å². The van der Waals surface area contributed by atoms with E-state index < -0.39 is 11.5 Å². The van der Waals surface area contributed by atoms with E-state index in [2.05, 4.69) is 0 Å². The molecule has 20 heavy (non-hydrogen) atoms. The highest BCUT2D eigenvalue weighted by Crippen LogP contribution is 2.30. The van der Waals surface area contributed by atoms with E-state index in [0.717, 1.165) is 10.8 Å². The molecule has 0 fully saturated rings. The molecular formula is C16H17NO3. The molecule has 0 aliphatic rings. The second-order valence-corrected chi connectivity index (χ2v) is 5.02. The van der Waals surface area contributed by atoms with E-state index in [1.165, 1.54) is 18.9 Å². The minimum Gasteiger partial charge on any atom is -0.479 e. The SMILES string of the molecule is CC(=O)N(C)C(C)(C(=O)O)c1ccc2ccccc2c1. The predicted octanol–water partition coefficient (Wildman–Crippen LogP) is 2.62. The maximum Gasteiger partial charge on any atom is 0.334 e. The number of hydrogen-bond acceptors (Lipinski definition) is 2. The number of hydrogen-bond donors (Lipinski definition) is 1. The van der Waals surface area contributed by atoms with Gasteiger partial charge in [-0.3, -0.25) is 4.79 Å². The number of rotatable bonds is 3. The van der Waals surface area contributed by atoms with Crippen LogP contribution in [0.3, 0.4) is 0 Å². The Balaban J connectivity index is 2.63. The van der Waals surface area contributed by atoms with E-state index in [1.807, 2.05) is 36.4 Å². The van der Waals surface area contributed by atoms with Gasteiger partial charge in [0, 0.05) is 14.0 Å². The van der Waals surface area contributed by atoms with Crippen LogP contribution in [0.5, 0.6) is 0 Å². The molecule has 1 amide bonds. The fourth-order valence-electron chi connectivity index (χ4n) is 2.27. The van der Waals surface area contributed by atoms with Gasteiger partial charge in [-0.2, -0.15) is 0 Å². The van der Waals surface area contributed by atoms with Gasteiger partial charge in [0.1, 0.15) is 0 Å². The van der Waals surface area contributed by atoms with Crippen molar-refractivity contribution in [2.45, 2.75) is 19.4 Å². The first kappa shape index (κ1) is 14.1. The molecule has 0 aromatic heterocycles. The number of carbonyl (C=O) groups excluding carboxylic acids is 1. The highest BCUT2D eigenvalue weighted by atomic mass is 16.4. The molecule has 2 aromatic rings. The maximum atomic E-state index is 11.7. The number of nitrogens with zero attached hydrogens (tertiary/aromatic N) is 1. The number of amides is 1. The van der Waals surface area contributed by atoms with Crippen LogP contribution in [0, 0.1) is 0 Å². The number of carboxylic acids is 1. The van der Waals surface area contributed by atoms with Gasteiger partial charge < -0.3 is 10.0 Å². The molecule has 1 atom stereocenters. The number of likely N-dealkylation sites (N-methyl/N-ethyl adjacent to an activating group) is 1. The number of fused-ring (bicyclic) bond motifs is 1. The smallest absolute Gasteiger partial charge is 0.334 e. The van der Waals surface area contributed by atoms with E-state index >= 15 is 0 Å². The third-order valence-electron chi connectivity index (χ3n) is 3.87. The molecule has 1 N–H and O–H groups in total. The van der Waals surface area contributed by atoms with Crippen LogP contribution in [0.15, 0.2) is 42.5 Å². The Hall–Kier alpha value is -2.36. The van der Waals surface area contributed by atoms with Crippen LogP contribution in [0.2, 0.25) is 0 Å². The van der Waals surface area contributed by atoms with E-state index in [-0.39, 0.29) is 5.91 Å². The highest BCUT2D eigenvalue weighted by Gasteiger charge is 2.41. The fourth-order valence-corrected chi connectivity index (χ4v) is 2.27. The van der Waals surface area contributed by atoms with Gasteiger partial charge in [0.15, 0.2) is 5.54 Å². The fraction of sp³-hybridized carbons (Fsp3) is 0.250. The lowest BCUT2D eigenvalue weighted by atomic mass is 9.88. The molecule has 1 unspecified atom stereocenters. The number of aliphatic carboxylic acids is 1. The van der Waals surface area contributed by atoms with E-state index in [0.29, 0.717) is 5.56 Å². The average Bonchev–Trinajstić information content (AvgIpc) is 2.44. The van der Waals surface area contributed by atoms with Gasteiger partial charge >= 0.3 is 5.97 Å². The minimum absolute atomic E-state index is 0.289. The average molecular weight is 271 g/mol. The second kappa shape index (κ2) is 4.96. The molecule has 104 valence electrons. The Morgan fingerprint density at radius 1 is 1.10 bits per heavy atom. The summed E-state index contributed by atoms with van der Waals surface area (Å²) >= 11 is 0. The van der Waals surface area contributed by atoms with Crippen molar-refractivity contribution < 1.29 is 14.7 Å². The van der Waals surface area contributed by atoms with Crippen molar-refractivity contribution in [3.8, 4) is 0 Å². The summed E-state index contributed by atoms with van der Waals surface area (Å²) in [4.78, 5) is 24.6. The Bertz CT molecular complexity index is 680. The monoisotopic (exact) mass is 271 g/mol. The van der Waals surface area contributed by atoms with Crippen LogP contribution >= 0.6 is 0 Å². The van der Waals surface area contributed by atoms with Crippen LogP contribution in [-0.4, -0.2) is 28.9 Å². The number of carbonyl (C=O) groups is 2. The summed E-state index contributed by atoms with van der Waals surface area (Å²) in [6.07, 6.45) is 0. The molecule has 2 aromatic carbocycles. The quantitative estimate of drug-likeness (QED) is 0.933. The molecule has 0 saturated heterocycles. The van der Waals surface area contributed by atoms with Gasteiger partial charge in [0.05, 0.1) is 0 Å². The lowest BCUT2D eigenvalue weighted by Crippen LogP contribution is -2.49. The summed E-state index contributed by atoms with van der Waals surface area (Å²) in [6.45, 7) is 2.91. The van der Waals surface area contributed by atoms with Gasteiger partial charge in [-0.1, -0.05) is 36.4 Å². The zero-order valence-electron chi connectivity index (χ0n) is 11.8. The summed E-state index contributed by atoms with van der Waals surface area (Å²) in [5.74, 6) is -1.34. The van der Waals surface area contributed by atoms with Crippen molar-refractivity contribution in [1.29, 1.82) is 0 Å². The van der Waals surface area contributed by atoms with Crippen molar-refractivity contribution >= 4 is 22.6 Å². The zero-order valence-corrected chi connectivity index (χ0v) is 11.8. The molecule has 0 aliphatic carbocycles. The van der Waals surface area contributed by atoms with Gasteiger partial charge in [-0.25, -0.2) is 4.79 Å². The van der Waals surface area contributed by atoms with E-state index in [1.54, 1.807) is 13.0 Å². The Labute approximate surface area is 117 Å². The third kappa shape index (κ3) is 2.13. The van der Waals surface area contributed by atoms with Crippen molar-refractivity contribution in [2.75, 3.05) is 7.05 Å². The Morgan fingerprint density at radius 3 is 2.25 bits per heavy atom. The molecule has 0 aliphatic heterocycles. The normalized spacial score (nSPS) is 13.8. The maximum absolute atomic E-state index is 11.7. The predicted molar refractivity (Wildman–Crippen MR) is 77.4 cm³/mol. The summed E-state index contributed by atoms with van der Waals surface area (Å²) in [5.41, 5.74) is -0.794. The van der Waals surface area contributed by atoms with Crippen LogP contribution in [0.1, 0.15) is 19.4 Å². The largest absolute Gasteiger partial charge is 0.479 e. The van der Waals surface area contributed by atoms with Gasteiger partial charge in [0.2, 0.25) is 5.91 Å². The van der Waals surface area contributed by atoms with Gasteiger partial charge in [-0.05, 0) is 29.3 Å². The van der Waals surface area contributed by atoms with Crippen LogP contribution in [-0.2, 0) is 15.1 Å². The standard InChI is InChI=1S/C16H17NO3/c1-11(18)17(3)16(2,15(19)20)14-9-8-12-6-4-5-7-13(12)10-14/h4-10H,1-3H3,(H,19,20). The molecule has 4 nitrogen and oxygen atoms in total. The van der Waals surface area contributed by atoms with E-state index in [9.17, 15) is 14.7 Å². The summed E-state index contributed by atoms with van der Waals surface area (Å²) in [5, 5.41) is 11.6. The van der Waals surface area contributed by atoms with Gasteiger partial charge in [-0.15, -0.1) is 0 Å². The van der Waals surface area contributed by atoms with Crippen LogP contribution < -0.4 is 0 Å². The molecule has 2 rings (SSSR count). The number of carboxylic acid groups (broad SMARTS) is 1. The molecule has 0 bridgehead atoms. The van der Waals surface area contributed by atoms with Gasteiger partial charge in [0.25, 0.3) is 0 Å². The Kier molecular flexibility index (Phi) is 3.49. The third-order valence-corrected chi connectivity index (χ3v) is 3.87. The molecule has 4 heteroatoms. The first-order valence-electron chi connectivity index (χ1n) is 6.34. The summed E-state index contributed by atoms with van der Waals surface area (Å²) in [7, 11) is 1.51. The zero-order chi connectivity index (χ0) is 14.9. The molecule has 0 heterocycles. The van der Waals surface area contributed by atoms with Crippen molar-refractivity contribution in [1.82, 2.24) is 4.90 Å². The first-order chi connectivity index (χ1) is 9.37. The Morgan fingerprint density at radius 2 is 1.70 bits per heavy atom. The second-order valence-electron chi connectivity index (χ2n) is 5.02. The summed E-state index contributed by atoms with van der Waals surface area (Å²) in [6, 6.07) is 13.2. The lowest BCUT2D eigenvalue weighted by Gasteiger charge is -2.35. The molecule has 0 radical (unpaired) electrons. The van der Waals surface area contributed by atoms with E-state index in [4.69, 9.17) is 0 Å². The highest BCUT2D eigenvalue weighted by molar-refractivity contribution is 5.89. The molecule has 0 saturated carbocycles. The molecular weight excluding hydrogens is 254 g/mol. The number of benzene rings is 2.